The summed E-state index contributed by atoms with van der Waals surface area (Å²) < 4.78 is 50.4. The van der Waals surface area contributed by atoms with Crippen molar-refractivity contribution in [3.8, 4) is 5.75 Å². The zero-order chi connectivity index (χ0) is 23.1. The summed E-state index contributed by atoms with van der Waals surface area (Å²) >= 11 is 0. The average Bonchev–Trinajstić information content (AvgIpc) is 2.82. The van der Waals surface area contributed by atoms with Crippen molar-refractivity contribution in [1.29, 1.82) is 0 Å². The summed E-state index contributed by atoms with van der Waals surface area (Å²) in [6.45, 7) is 0.591. The molecule has 9 heteroatoms. The van der Waals surface area contributed by atoms with Gasteiger partial charge in [-0.15, -0.1) is 0 Å². The number of methoxy groups -OCH3 is 1. The molecule has 0 bridgehead atoms. The van der Waals surface area contributed by atoms with Gasteiger partial charge in [-0.3, -0.25) is 9.59 Å². The molecule has 32 heavy (non-hydrogen) atoms. The van der Waals surface area contributed by atoms with Crippen LogP contribution in [0.1, 0.15) is 41.6 Å². The smallest absolute Gasteiger partial charge is 0.306 e. The van der Waals surface area contributed by atoms with Gasteiger partial charge in [0.25, 0.3) is 0 Å². The summed E-state index contributed by atoms with van der Waals surface area (Å²) in [6.07, 6.45) is 3.16. The molecule has 0 atom stereocenters. The molecule has 0 radical (unpaired) electrons. The van der Waals surface area contributed by atoms with Gasteiger partial charge < -0.3 is 9.47 Å². The van der Waals surface area contributed by atoms with Gasteiger partial charge in [0, 0.05) is 25.1 Å². The number of carbonyl (C=O) groups is 2. The normalized spacial score (nSPS) is 14.7. The Balaban J connectivity index is 1.48. The minimum Gasteiger partial charge on any atom is -0.494 e. The summed E-state index contributed by atoms with van der Waals surface area (Å²) in [6, 6.07) is 10.2. The van der Waals surface area contributed by atoms with Crippen molar-refractivity contribution in [3.63, 3.8) is 0 Å². The quantitative estimate of drug-likeness (QED) is 0.418. The van der Waals surface area contributed by atoms with Gasteiger partial charge in [0.15, 0.2) is 24.0 Å². The number of halogens is 1. The number of carbonyl (C=O) groups excluding carboxylic acids is 2. The topological polar surface area (TPSA) is 90.0 Å². The SMILES string of the molecule is COc1ccc(C(=O)COC(=O)CCc2ccc(S(=O)(=O)N3CCCCC3)cc2)cc1F. The third-order valence-corrected chi connectivity index (χ3v) is 7.24. The Morgan fingerprint density at radius 1 is 1.03 bits per heavy atom. The van der Waals surface area contributed by atoms with Crippen molar-refractivity contribution < 1.29 is 31.9 Å². The minimum atomic E-state index is -3.49. The molecule has 1 aliphatic heterocycles. The summed E-state index contributed by atoms with van der Waals surface area (Å²) in [5, 5.41) is 0. The zero-order valence-electron chi connectivity index (χ0n) is 17.9. The number of hydrogen-bond acceptors (Lipinski definition) is 6. The maximum atomic E-state index is 13.7. The number of nitrogens with zero attached hydrogens (tertiary/aromatic N) is 1. The number of piperidine rings is 1. The van der Waals surface area contributed by atoms with Crippen LogP contribution in [-0.2, 0) is 26.0 Å². The molecule has 1 heterocycles. The molecule has 0 N–H and O–H groups in total. The van der Waals surface area contributed by atoms with Gasteiger partial charge in [-0.05, 0) is 55.2 Å². The Morgan fingerprint density at radius 2 is 1.72 bits per heavy atom. The number of Topliss-reactive ketones (excluding diaryl/α,β-unsaturated/α-hetero) is 1. The highest BCUT2D eigenvalue weighted by atomic mass is 32.2. The van der Waals surface area contributed by atoms with Gasteiger partial charge >= 0.3 is 5.97 Å². The van der Waals surface area contributed by atoms with Crippen molar-refractivity contribution >= 4 is 21.8 Å². The molecule has 0 unspecified atom stereocenters. The van der Waals surface area contributed by atoms with Gasteiger partial charge in [0.05, 0.1) is 12.0 Å². The fraction of sp³-hybridized carbons (Fsp3) is 0.391. The molecule has 0 amide bonds. The van der Waals surface area contributed by atoms with E-state index in [4.69, 9.17) is 9.47 Å². The van der Waals surface area contributed by atoms with Crippen LogP contribution >= 0.6 is 0 Å². The molecule has 0 spiro atoms. The van der Waals surface area contributed by atoms with Crippen molar-refractivity contribution in [2.24, 2.45) is 0 Å². The molecule has 3 rings (SSSR count). The predicted octanol–water partition coefficient (Wildman–Crippen LogP) is 3.37. The molecule has 7 nitrogen and oxygen atoms in total. The third kappa shape index (κ3) is 5.92. The first-order valence-electron chi connectivity index (χ1n) is 10.4. The van der Waals surface area contributed by atoms with Crippen molar-refractivity contribution in [2.45, 2.75) is 37.0 Å². The Kier molecular flexibility index (Phi) is 7.98. The van der Waals surface area contributed by atoms with Gasteiger partial charge in [0.2, 0.25) is 10.0 Å². The number of hydrogen-bond donors (Lipinski definition) is 0. The van der Waals surface area contributed by atoms with E-state index in [9.17, 15) is 22.4 Å². The van der Waals surface area contributed by atoms with Crippen LogP contribution in [-0.4, -0.2) is 51.3 Å². The van der Waals surface area contributed by atoms with Crippen LogP contribution in [0.3, 0.4) is 0 Å². The fourth-order valence-corrected chi connectivity index (χ4v) is 4.99. The Bertz CT molecular complexity index is 1060. The van der Waals surface area contributed by atoms with Crippen LogP contribution in [0, 0.1) is 5.82 Å². The molecule has 2 aromatic carbocycles. The van der Waals surface area contributed by atoms with Gasteiger partial charge in [-0.2, -0.15) is 4.31 Å². The molecule has 1 fully saturated rings. The van der Waals surface area contributed by atoms with E-state index in [1.807, 2.05) is 0 Å². The van der Waals surface area contributed by atoms with Gasteiger partial charge in [0.1, 0.15) is 0 Å². The van der Waals surface area contributed by atoms with Crippen LogP contribution in [0.2, 0.25) is 0 Å². The number of aryl methyl sites for hydroxylation is 1. The number of ketones is 1. The highest BCUT2D eigenvalue weighted by molar-refractivity contribution is 7.89. The second-order valence-corrected chi connectivity index (χ2v) is 9.48. The molecular formula is C23H26FNO6S. The van der Waals surface area contributed by atoms with Crippen LogP contribution in [0.15, 0.2) is 47.4 Å². The summed E-state index contributed by atoms with van der Waals surface area (Å²) in [5.74, 6) is -1.74. The largest absolute Gasteiger partial charge is 0.494 e. The third-order valence-electron chi connectivity index (χ3n) is 5.33. The molecule has 172 valence electrons. The van der Waals surface area contributed by atoms with Crippen molar-refractivity contribution in [1.82, 2.24) is 4.31 Å². The van der Waals surface area contributed by atoms with Crippen LogP contribution in [0.4, 0.5) is 4.39 Å². The van der Waals surface area contributed by atoms with E-state index in [2.05, 4.69) is 0 Å². The van der Waals surface area contributed by atoms with E-state index in [0.717, 1.165) is 30.9 Å². The number of ether oxygens (including phenoxy) is 2. The molecule has 1 saturated heterocycles. The van der Waals surface area contributed by atoms with Gasteiger partial charge in [-0.1, -0.05) is 18.6 Å². The Hall–Kier alpha value is -2.78. The number of sulfonamides is 1. The standard InChI is InChI=1S/C23H26FNO6S/c1-30-22-11-8-18(15-20(22)24)21(26)16-31-23(27)12-7-17-5-9-19(10-6-17)32(28,29)25-13-3-2-4-14-25/h5-6,8-11,15H,2-4,7,12-14,16H2,1H3. The molecule has 0 aliphatic carbocycles. The van der Waals surface area contributed by atoms with E-state index in [-0.39, 0.29) is 22.6 Å². The van der Waals surface area contributed by atoms with E-state index < -0.39 is 34.2 Å². The predicted molar refractivity (Wildman–Crippen MR) is 116 cm³/mol. The summed E-state index contributed by atoms with van der Waals surface area (Å²) in [5.41, 5.74) is 0.865. The molecule has 1 aliphatic rings. The second kappa shape index (κ2) is 10.7. The average molecular weight is 464 g/mol. The minimum absolute atomic E-state index is 0.0216. The van der Waals surface area contributed by atoms with Crippen LogP contribution in [0.5, 0.6) is 5.75 Å². The van der Waals surface area contributed by atoms with Crippen LogP contribution in [0.25, 0.3) is 0 Å². The highest BCUT2D eigenvalue weighted by Gasteiger charge is 2.25. The molecule has 0 saturated carbocycles. The number of benzene rings is 2. The zero-order valence-corrected chi connectivity index (χ0v) is 18.7. The lowest BCUT2D eigenvalue weighted by Gasteiger charge is -2.25. The van der Waals surface area contributed by atoms with E-state index in [0.29, 0.717) is 19.5 Å². The van der Waals surface area contributed by atoms with E-state index in [1.54, 1.807) is 24.3 Å². The maximum absolute atomic E-state index is 13.7. The van der Waals surface area contributed by atoms with Crippen molar-refractivity contribution in [2.75, 3.05) is 26.8 Å². The first-order valence-corrected chi connectivity index (χ1v) is 11.9. The fourth-order valence-electron chi connectivity index (χ4n) is 3.47. The lowest BCUT2D eigenvalue weighted by molar-refractivity contribution is -0.142. The Labute approximate surface area is 187 Å². The summed E-state index contributed by atoms with van der Waals surface area (Å²) in [7, 11) is -2.17. The maximum Gasteiger partial charge on any atom is 0.306 e. The van der Waals surface area contributed by atoms with Crippen LogP contribution < -0.4 is 4.74 Å². The molecular weight excluding hydrogens is 437 g/mol. The number of esters is 1. The van der Waals surface area contributed by atoms with E-state index in [1.165, 1.54) is 23.5 Å². The number of rotatable bonds is 9. The Morgan fingerprint density at radius 3 is 2.34 bits per heavy atom. The van der Waals surface area contributed by atoms with Crippen molar-refractivity contribution in [3.05, 3.63) is 59.4 Å². The highest BCUT2D eigenvalue weighted by Crippen LogP contribution is 2.21. The van der Waals surface area contributed by atoms with Gasteiger partial charge in [-0.25, -0.2) is 12.8 Å². The summed E-state index contributed by atoms with van der Waals surface area (Å²) in [4.78, 5) is 24.3. The second-order valence-electron chi connectivity index (χ2n) is 7.54. The first kappa shape index (κ1) is 23.9. The molecule has 2 aromatic rings. The van der Waals surface area contributed by atoms with E-state index >= 15 is 0 Å². The molecule has 0 aromatic heterocycles. The lowest BCUT2D eigenvalue weighted by Crippen LogP contribution is -2.35. The monoisotopic (exact) mass is 463 g/mol. The first-order chi connectivity index (χ1) is 15.3. The lowest BCUT2D eigenvalue weighted by atomic mass is 10.1.